The molecule has 174 valence electrons. The van der Waals surface area contributed by atoms with Crippen LogP contribution in [0.5, 0.6) is 0 Å². The molecule has 1 atom stereocenters. The van der Waals surface area contributed by atoms with Gasteiger partial charge in [0.2, 0.25) is 5.91 Å². The lowest BCUT2D eigenvalue weighted by atomic mass is 9.99. The second-order valence-electron chi connectivity index (χ2n) is 9.55. The monoisotopic (exact) mass is 449 g/mol. The first kappa shape index (κ1) is 21.8. The Morgan fingerprint density at radius 1 is 1.09 bits per heavy atom. The first-order valence-electron chi connectivity index (χ1n) is 12.2. The Hall–Kier alpha value is -3.03. The highest BCUT2D eigenvalue weighted by Crippen LogP contribution is 2.31. The van der Waals surface area contributed by atoms with Gasteiger partial charge in [-0.2, -0.15) is 0 Å². The molecule has 8 nitrogen and oxygen atoms in total. The van der Waals surface area contributed by atoms with Gasteiger partial charge >= 0.3 is 0 Å². The zero-order valence-corrected chi connectivity index (χ0v) is 19.0. The molecule has 2 aromatic rings. The molecule has 1 aliphatic carbocycles. The molecule has 2 amide bonds. The number of hydrogen-bond donors (Lipinski definition) is 1. The fourth-order valence-corrected chi connectivity index (χ4v) is 5.52. The van der Waals surface area contributed by atoms with Crippen molar-refractivity contribution in [2.45, 2.75) is 70.4 Å². The average Bonchev–Trinajstić information content (AvgIpc) is 3.37. The van der Waals surface area contributed by atoms with Gasteiger partial charge in [-0.3, -0.25) is 19.4 Å². The summed E-state index contributed by atoms with van der Waals surface area (Å²) in [5.74, 6) is 1.11. The number of fused-ring (bicyclic) bond motifs is 1. The van der Waals surface area contributed by atoms with Crippen LogP contribution in [-0.4, -0.2) is 49.7 Å². The summed E-state index contributed by atoms with van der Waals surface area (Å²) in [7, 11) is 0. The van der Waals surface area contributed by atoms with Crippen LogP contribution in [0.1, 0.15) is 84.8 Å². The van der Waals surface area contributed by atoms with Gasteiger partial charge in [-0.25, -0.2) is 4.98 Å². The van der Waals surface area contributed by atoms with Crippen LogP contribution < -0.4 is 5.56 Å². The van der Waals surface area contributed by atoms with E-state index >= 15 is 0 Å². The van der Waals surface area contributed by atoms with Crippen molar-refractivity contribution in [3.8, 4) is 0 Å². The third kappa shape index (κ3) is 4.56. The lowest BCUT2D eigenvalue weighted by molar-refractivity contribution is -0.133. The summed E-state index contributed by atoms with van der Waals surface area (Å²) in [6, 6.07) is 3.26. The van der Waals surface area contributed by atoms with Gasteiger partial charge in [0.1, 0.15) is 5.82 Å². The van der Waals surface area contributed by atoms with Gasteiger partial charge in [0.05, 0.1) is 29.4 Å². The number of H-pyrrole nitrogens is 1. The van der Waals surface area contributed by atoms with Gasteiger partial charge in [-0.05, 0) is 50.2 Å². The summed E-state index contributed by atoms with van der Waals surface area (Å²) in [5, 5.41) is 0. The first-order chi connectivity index (χ1) is 16.1. The molecule has 0 spiro atoms. The van der Waals surface area contributed by atoms with E-state index in [0.29, 0.717) is 55.3 Å². The van der Waals surface area contributed by atoms with E-state index in [9.17, 15) is 14.4 Å². The fraction of sp³-hybridized carbons (Fsp3) is 0.560. The molecule has 8 heteroatoms. The Labute approximate surface area is 193 Å². The molecule has 1 unspecified atom stereocenters. The molecule has 2 aromatic heterocycles. The Morgan fingerprint density at radius 2 is 1.91 bits per heavy atom. The third-order valence-corrected chi connectivity index (χ3v) is 7.37. The molecular weight excluding hydrogens is 418 g/mol. The number of carbonyl (C=O) groups excluding carboxylic acids is 2. The lowest BCUT2D eigenvalue weighted by Gasteiger charge is -2.36. The van der Waals surface area contributed by atoms with E-state index in [1.54, 1.807) is 24.5 Å². The highest BCUT2D eigenvalue weighted by atomic mass is 16.2. The molecule has 0 aromatic carbocycles. The molecule has 1 saturated heterocycles. The Bertz CT molecular complexity index is 1080. The molecule has 0 bridgehead atoms. The van der Waals surface area contributed by atoms with E-state index in [-0.39, 0.29) is 23.4 Å². The number of hydrogen-bond acceptors (Lipinski definition) is 5. The normalized spacial score (nSPS) is 21.2. The highest BCUT2D eigenvalue weighted by Gasteiger charge is 2.33. The van der Waals surface area contributed by atoms with E-state index in [4.69, 9.17) is 4.98 Å². The number of rotatable bonds is 4. The van der Waals surface area contributed by atoms with Crippen LogP contribution in [0.2, 0.25) is 0 Å². The van der Waals surface area contributed by atoms with E-state index < -0.39 is 0 Å². The number of pyridine rings is 1. The van der Waals surface area contributed by atoms with Crippen molar-refractivity contribution in [2.75, 3.05) is 13.1 Å². The average molecular weight is 450 g/mol. The molecule has 2 fully saturated rings. The standard InChI is InChI=1S/C25H31N5O3/c31-22(14-17-6-1-2-7-17)29-13-10-20-19(16-29)24(32)28-23(27-20)21-9-3-4-12-30(21)25(33)18-8-5-11-26-15-18/h5,8,11,15,17,21H,1-4,6-7,9-10,12-14,16H2,(H,27,28,32). The number of nitrogens with zero attached hydrogens (tertiary/aromatic N) is 4. The summed E-state index contributed by atoms with van der Waals surface area (Å²) in [4.78, 5) is 54.4. The fourth-order valence-electron chi connectivity index (χ4n) is 5.52. The minimum Gasteiger partial charge on any atom is -0.338 e. The maximum Gasteiger partial charge on any atom is 0.256 e. The maximum absolute atomic E-state index is 13.1. The topological polar surface area (TPSA) is 99.3 Å². The summed E-state index contributed by atoms with van der Waals surface area (Å²) in [6.45, 7) is 1.55. The predicted octanol–water partition coefficient (Wildman–Crippen LogP) is 3.00. The number of likely N-dealkylation sites (tertiary alicyclic amines) is 1. The predicted molar refractivity (Wildman–Crippen MR) is 122 cm³/mol. The smallest absolute Gasteiger partial charge is 0.256 e. The SMILES string of the molecule is O=C(CC1CCCC1)N1CCc2nc(C3CCCCN3C(=O)c3cccnc3)[nH]c(=O)c2C1. The van der Waals surface area contributed by atoms with Crippen molar-refractivity contribution < 1.29 is 9.59 Å². The van der Waals surface area contributed by atoms with Crippen LogP contribution in [0, 0.1) is 5.92 Å². The second-order valence-corrected chi connectivity index (χ2v) is 9.55. The molecule has 3 aliphatic rings. The number of amides is 2. The summed E-state index contributed by atoms with van der Waals surface area (Å²) in [6.07, 6.45) is 11.8. The molecule has 2 aliphatic heterocycles. The van der Waals surface area contributed by atoms with Crippen LogP contribution in [0.4, 0.5) is 0 Å². The van der Waals surface area contributed by atoms with E-state index in [1.807, 2.05) is 9.80 Å². The van der Waals surface area contributed by atoms with Crippen LogP contribution >= 0.6 is 0 Å². The minimum absolute atomic E-state index is 0.0862. The Kier molecular flexibility index (Phi) is 6.24. The van der Waals surface area contributed by atoms with E-state index in [1.165, 1.54) is 12.8 Å². The maximum atomic E-state index is 13.1. The number of aromatic amines is 1. The largest absolute Gasteiger partial charge is 0.338 e. The van der Waals surface area contributed by atoms with Gasteiger partial charge in [0.25, 0.3) is 11.5 Å². The zero-order chi connectivity index (χ0) is 22.8. The molecule has 1 N–H and O–H groups in total. The summed E-state index contributed by atoms with van der Waals surface area (Å²) >= 11 is 0. The van der Waals surface area contributed by atoms with Gasteiger partial charge in [0, 0.05) is 38.3 Å². The molecular formula is C25H31N5O3. The minimum atomic E-state index is -0.258. The van der Waals surface area contributed by atoms with Crippen molar-refractivity contribution >= 4 is 11.8 Å². The van der Waals surface area contributed by atoms with Crippen molar-refractivity contribution in [3.05, 3.63) is 57.5 Å². The van der Waals surface area contributed by atoms with Crippen molar-refractivity contribution in [3.63, 3.8) is 0 Å². The van der Waals surface area contributed by atoms with Gasteiger partial charge in [0.15, 0.2) is 0 Å². The van der Waals surface area contributed by atoms with Gasteiger partial charge in [-0.15, -0.1) is 0 Å². The quantitative estimate of drug-likeness (QED) is 0.774. The number of aromatic nitrogens is 3. The van der Waals surface area contributed by atoms with Crippen LogP contribution in [0.25, 0.3) is 0 Å². The molecule has 0 radical (unpaired) electrons. The van der Waals surface area contributed by atoms with Crippen molar-refractivity contribution in [1.29, 1.82) is 0 Å². The number of carbonyl (C=O) groups is 2. The number of piperidine rings is 1. The zero-order valence-electron chi connectivity index (χ0n) is 19.0. The van der Waals surface area contributed by atoms with Gasteiger partial charge < -0.3 is 14.8 Å². The first-order valence-corrected chi connectivity index (χ1v) is 12.2. The third-order valence-electron chi connectivity index (χ3n) is 7.37. The second kappa shape index (κ2) is 9.45. The van der Waals surface area contributed by atoms with E-state index in [0.717, 1.165) is 37.8 Å². The summed E-state index contributed by atoms with van der Waals surface area (Å²) in [5.41, 5.74) is 1.71. The van der Waals surface area contributed by atoms with Gasteiger partial charge in [-0.1, -0.05) is 12.8 Å². The van der Waals surface area contributed by atoms with Crippen LogP contribution in [0.3, 0.4) is 0 Å². The van der Waals surface area contributed by atoms with Crippen molar-refractivity contribution in [1.82, 2.24) is 24.8 Å². The molecule has 33 heavy (non-hydrogen) atoms. The summed E-state index contributed by atoms with van der Waals surface area (Å²) < 4.78 is 0. The lowest BCUT2D eigenvalue weighted by Crippen LogP contribution is -2.43. The Morgan fingerprint density at radius 3 is 2.70 bits per heavy atom. The van der Waals surface area contributed by atoms with Crippen molar-refractivity contribution in [2.24, 2.45) is 5.92 Å². The van der Waals surface area contributed by atoms with Crippen LogP contribution in [0.15, 0.2) is 29.3 Å². The number of nitrogens with one attached hydrogen (secondary N) is 1. The molecule has 1 saturated carbocycles. The van der Waals surface area contributed by atoms with Crippen LogP contribution in [-0.2, 0) is 17.8 Å². The van der Waals surface area contributed by atoms with E-state index in [2.05, 4.69) is 9.97 Å². The highest BCUT2D eigenvalue weighted by molar-refractivity contribution is 5.94. The molecule has 5 rings (SSSR count). The molecule has 4 heterocycles. The Balaban J connectivity index is 1.35.